The first-order chi connectivity index (χ1) is 18.4. The van der Waals surface area contributed by atoms with Crippen LogP contribution in [0, 0.1) is 20.8 Å². The molecular formula is C25H31FeMnN5O9. The maximum absolute atomic E-state index is 12.2. The zero-order valence-electron chi connectivity index (χ0n) is 22.3. The first-order valence-corrected chi connectivity index (χ1v) is 11.9. The molecule has 3 heterocycles. The van der Waals surface area contributed by atoms with Crippen LogP contribution in [0.15, 0.2) is 27.9 Å². The van der Waals surface area contributed by atoms with Crippen LogP contribution in [0.2, 0.25) is 0 Å². The molecule has 2 aromatic rings. The van der Waals surface area contributed by atoms with Crippen LogP contribution in [0.3, 0.4) is 0 Å². The first kappa shape index (κ1) is 36.3. The summed E-state index contributed by atoms with van der Waals surface area (Å²) in [6, 6.07) is 3.53. The number of nitrogens with zero attached hydrogens (tertiary/aromatic N) is 4. The van der Waals surface area contributed by atoms with Crippen molar-refractivity contribution in [3.63, 3.8) is 0 Å². The Morgan fingerprint density at radius 3 is 2.17 bits per heavy atom. The van der Waals surface area contributed by atoms with Crippen molar-refractivity contribution in [2.24, 2.45) is 0 Å². The summed E-state index contributed by atoms with van der Waals surface area (Å²) < 4.78 is 1.40. The van der Waals surface area contributed by atoms with E-state index in [1.165, 1.54) is 10.8 Å². The summed E-state index contributed by atoms with van der Waals surface area (Å²) in [5, 5.41) is 65.8. The number of aliphatic hydroxyl groups is 6. The number of aromatic nitrogens is 5. The predicted molar refractivity (Wildman–Crippen MR) is 138 cm³/mol. The Hall–Kier alpha value is -2.75. The van der Waals surface area contributed by atoms with Gasteiger partial charge in [-0.1, -0.05) is 0 Å². The van der Waals surface area contributed by atoms with E-state index in [1.807, 2.05) is 13.8 Å². The number of H-pyrrole nitrogens is 1. The number of fused-ring (bicyclic) bond motifs is 2. The number of pyridine rings is 1. The van der Waals surface area contributed by atoms with E-state index in [0.29, 0.717) is 27.9 Å². The minimum Gasteiger partial charge on any atom is -0.506 e. The fourth-order valence-corrected chi connectivity index (χ4v) is 3.89. The van der Waals surface area contributed by atoms with Crippen molar-refractivity contribution in [1.29, 1.82) is 0 Å². The quantitative estimate of drug-likeness (QED) is 0.0826. The molecule has 1 radical (unpaired) electrons. The molecule has 8 N–H and O–H groups in total. The van der Waals surface area contributed by atoms with Crippen molar-refractivity contribution in [1.82, 2.24) is 24.5 Å². The molecule has 0 bridgehead atoms. The summed E-state index contributed by atoms with van der Waals surface area (Å²) in [5.41, 5.74) is 2.38. The molecule has 2 aliphatic rings. The van der Waals surface area contributed by atoms with E-state index in [9.17, 15) is 30.0 Å². The van der Waals surface area contributed by atoms with Gasteiger partial charge in [0.1, 0.15) is 24.1 Å². The van der Waals surface area contributed by atoms with Gasteiger partial charge in [-0.05, 0) is 44.0 Å². The second-order valence-corrected chi connectivity index (χ2v) is 9.01. The largest absolute Gasteiger partial charge is 0.506 e. The molecule has 16 heteroatoms. The van der Waals surface area contributed by atoms with Crippen LogP contribution in [-0.2, 0) is 53.9 Å². The van der Waals surface area contributed by atoms with E-state index in [0.717, 1.165) is 11.1 Å². The summed E-state index contributed by atoms with van der Waals surface area (Å²) in [6.45, 7) is 3.85. The Balaban J connectivity index is 0.000000509. The number of aromatic hydroxyl groups is 1. The number of aryl methyl sites for hydroxylation is 3. The number of rotatable bonds is 7. The molecule has 0 spiro atoms. The van der Waals surface area contributed by atoms with Crippen LogP contribution in [-0.4, -0.2) is 85.2 Å². The molecule has 0 fully saturated rings. The van der Waals surface area contributed by atoms with Crippen molar-refractivity contribution >= 4 is 11.0 Å². The first-order valence-electron chi connectivity index (χ1n) is 11.9. The molecule has 0 saturated heterocycles. The fraction of sp³-hybridized carbons (Fsp3) is 0.400. The zero-order chi connectivity index (χ0) is 29.0. The van der Waals surface area contributed by atoms with Crippen LogP contribution in [0.1, 0.15) is 27.9 Å². The van der Waals surface area contributed by atoms with Gasteiger partial charge in [-0.2, -0.15) is 4.98 Å². The third-order valence-corrected chi connectivity index (χ3v) is 6.33. The second-order valence-electron chi connectivity index (χ2n) is 9.01. The van der Waals surface area contributed by atoms with E-state index < -0.39 is 36.2 Å². The van der Waals surface area contributed by atoms with Gasteiger partial charge in [0.05, 0.1) is 43.1 Å². The zero-order valence-corrected chi connectivity index (χ0v) is 24.5. The molecule has 0 saturated carbocycles. The number of hydrogen-bond donors (Lipinski definition) is 8. The maximum Gasteiger partial charge on any atom is 0.349 e. The van der Waals surface area contributed by atoms with Gasteiger partial charge >= 0.3 is 5.69 Å². The normalized spacial score (nSPS) is 13.0. The van der Waals surface area contributed by atoms with Gasteiger partial charge in [-0.3, -0.25) is 14.8 Å². The SMILES string of the molecule is Cc1cc2nc3c(=O)[nH]c(=O)nc-3n(C[C@@H](O)[C@@H](O)[C@@H](O)CO)c2cc1C.Cc1ncc(CO)c(CO)c1O.[Fe].[Mn]. The third kappa shape index (κ3) is 7.96. The predicted octanol–water partition coefficient (Wildman–Crippen LogP) is -1.65. The number of hydrogen-bond acceptors (Lipinski definition) is 12. The van der Waals surface area contributed by atoms with E-state index >= 15 is 0 Å². The molecule has 1 aromatic carbocycles. The molecule has 2 aliphatic heterocycles. The van der Waals surface area contributed by atoms with Crippen molar-refractivity contribution in [2.75, 3.05) is 6.61 Å². The van der Waals surface area contributed by atoms with Gasteiger partial charge in [0, 0.05) is 51.5 Å². The van der Waals surface area contributed by atoms with E-state index in [4.69, 9.17) is 15.3 Å². The van der Waals surface area contributed by atoms with Crippen LogP contribution in [0.5, 0.6) is 5.75 Å². The number of nitrogens with one attached hydrogen (secondary N) is 1. The molecule has 0 unspecified atom stereocenters. The van der Waals surface area contributed by atoms with Gasteiger partial charge in [-0.15, -0.1) is 0 Å². The van der Waals surface area contributed by atoms with Gasteiger partial charge in [-0.25, -0.2) is 9.78 Å². The summed E-state index contributed by atoms with van der Waals surface area (Å²) >= 11 is 0. The molecule has 225 valence electrons. The summed E-state index contributed by atoms with van der Waals surface area (Å²) in [7, 11) is 0. The Kier molecular flexibility index (Phi) is 13.7. The molecule has 0 amide bonds. The Morgan fingerprint density at radius 2 is 1.59 bits per heavy atom. The van der Waals surface area contributed by atoms with E-state index in [1.54, 1.807) is 19.1 Å². The van der Waals surface area contributed by atoms with Crippen LogP contribution in [0.25, 0.3) is 22.6 Å². The van der Waals surface area contributed by atoms with E-state index in [2.05, 4.69) is 19.9 Å². The Morgan fingerprint density at radius 1 is 0.951 bits per heavy atom. The van der Waals surface area contributed by atoms with Crippen LogP contribution >= 0.6 is 0 Å². The fourth-order valence-electron chi connectivity index (χ4n) is 3.89. The summed E-state index contributed by atoms with van der Waals surface area (Å²) in [6.07, 6.45) is -3.24. The Labute approximate surface area is 254 Å². The van der Waals surface area contributed by atoms with Crippen molar-refractivity contribution in [3.05, 3.63) is 67.1 Å². The average Bonchev–Trinajstić information content (AvgIpc) is 2.91. The molecule has 14 nitrogen and oxygen atoms in total. The standard InChI is InChI=1S/C17H20N4O6.C8H11NO3.Fe.Mn/c1-7-3-9-10(4-8(7)2)21(5-11(23)14(25)12(24)6-22)15-13(18-9)16(26)20-17(27)19-15;1-5-8(12)7(4-11)6(3-10)2-9-5;;/h3-4,11-12,14,22-25H,5-6H2,1-2H3,(H,20,26,27);2,10-12H,3-4H2,1H3;;/t11-,12+,14-;;;/m1.../s1. The molecule has 41 heavy (non-hydrogen) atoms. The summed E-state index contributed by atoms with van der Waals surface area (Å²) in [5.74, 6) is -0.0895. The Bertz CT molecular complexity index is 1570. The topological polar surface area (TPSA) is 235 Å². The third-order valence-electron chi connectivity index (χ3n) is 6.33. The van der Waals surface area contributed by atoms with Gasteiger partial charge < -0.3 is 40.3 Å². The van der Waals surface area contributed by atoms with E-state index in [-0.39, 0.29) is 71.2 Å². The van der Waals surface area contributed by atoms with Gasteiger partial charge in [0.15, 0.2) is 11.5 Å². The number of aliphatic hydroxyl groups excluding tert-OH is 6. The number of aromatic amines is 1. The smallest absolute Gasteiger partial charge is 0.349 e. The molecule has 1 aromatic heterocycles. The van der Waals surface area contributed by atoms with Crippen LogP contribution < -0.4 is 11.2 Å². The number of benzene rings is 1. The monoisotopic (exact) mass is 656 g/mol. The molecule has 4 rings (SSSR count). The van der Waals surface area contributed by atoms with Gasteiger partial charge in [0.25, 0.3) is 5.56 Å². The minimum atomic E-state index is -1.64. The summed E-state index contributed by atoms with van der Waals surface area (Å²) in [4.78, 5) is 37.8. The maximum atomic E-state index is 12.2. The van der Waals surface area contributed by atoms with Crippen molar-refractivity contribution in [3.8, 4) is 17.3 Å². The average molecular weight is 656 g/mol. The van der Waals surface area contributed by atoms with Crippen molar-refractivity contribution in [2.45, 2.75) is 58.8 Å². The van der Waals surface area contributed by atoms with Gasteiger partial charge in [0.2, 0.25) is 0 Å². The van der Waals surface area contributed by atoms with Crippen molar-refractivity contribution < 1.29 is 69.9 Å². The molecule has 0 aliphatic carbocycles. The van der Waals surface area contributed by atoms with Crippen LogP contribution in [0.4, 0.5) is 0 Å². The minimum absolute atomic E-state index is 0. The molecule has 3 atom stereocenters. The molecular weight excluding hydrogens is 625 g/mol. The second kappa shape index (κ2) is 15.5.